The molecule has 1 aliphatic rings. The molecule has 3 aromatic carbocycles. The first-order chi connectivity index (χ1) is 18.1. The van der Waals surface area contributed by atoms with Crippen LogP contribution in [0.15, 0.2) is 84.0 Å². The van der Waals surface area contributed by atoms with Crippen LogP contribution < -0.4 is 0 Å². The maximum absolute atomic E-state index is 13.1. The second-order valence-corrected chi connectivity index (χ2v) is 10.4. The van der Waals surface area contributed by atoms with Crippen molar-refractivity contribution < 1.29 is 4.79 Å². The molecule has 0 spiro atoms. The van der Waals surface area contributed by atoms with Crippen LogP contribution in [0, 0.1) is 6.92 Å². The molecule has 0 radical (unpaired) electrons. The van der Waals surface area contributed by atoms with E-state index in [1.807, 2.05) is 29.2 Å². The summed E-state index contributed by atoms with van der Waals surface area (Å²) in [7, 11) is 0. The highest BCUT2D eigenvalue weighted by Gasteiger charge is 2.22. The molecule has 0 bridgehead atoms. The summed E-state index contributed by atoms with van der Waals surface area (Å²) in [6.45, 7) is 8.76. The molecule has 190 valence electrons. The fourth-order valence-corrected chi connectivity index (χ4v) is 5.55. The van der Waals surface area contributed by atoms with Gasteiger partial charge in [-0.1, -0.05) is 78.8 Å². The highest BCUT2D eigenvalue weighted by Crippen LogP contribution is 2.27. The van der Waals surface area contributed by atoms with E-state index < -0.39 is 0 Å². The Hall–Kier alpha value is -3.42. The molecule has 7 heteroatoms. The van der Waals surface area contributed by atoms with E-state index in [9.17, 15) is 4.79 Å². The number of amides is 1. The van der Waals surface area contributed by atoms with Crippen LogP contribution >= 0.6 is 11.8 Å². The summed E-state index contributed by atoms with van der Waals surface area (Å²) in [5, 5.41) is 9.99. The van der Waals surface area contributed by atoms with Crippen molar-refractivity contribution in [1.29, 1.82) is 0 Å². The monoisotopic (exact) mass is 511 g/mol. The predicted octanol–water partition coefficient (Wildman–Crippen LogP) is 5.24. The summed E-state index contributed by atoms with van der Waals surface area (Å²) in [5.41, 5.74) is 5.33. The van der Waals surface area contributed by atoms with E-state index in [2.05, 4.69) is 88.1 Å². The average molecular weight is 512 g/mol. The van der Waals surface area contributed by atoms with Gasteiger partial charge in [0.2, 0.25) is 0 Å². The first-order valence-corrected chi connectivity index (χ1v) is 13.9. The van der Waals surface area contributed by atoms with E-state index in [1.54, 1.807) is 11.8 Å². The van der Waals surface area contributed by atoms with Crippen molar-refractivity contribution in [1.82, 2.24) is 24.6 Å². The maximum atomic E-state index is 13.1. The third-order valence-corrected chi connectivity index (χ3v) is 7.85. The van der Waals surface area contributed by atoms with E-state index >= 15 is 0 Å². The predicted molar refractivity (Wildman–Crippen MR) is 149 cm³/mol. The van der Waals surface area contributed by atoms with Crippen molar-refractivity contribution in [3.8, 4) is 5.69 Å². The first kappa shape index (κ1) is 25.2. The molecular weight excluding hydrogens is 478 g/mol. The minimum atomic E-state index is 0.121. The second kappa shape index (κ2) is 11.8. The number of benzene rings is 3. The highest BCUT2D eigenvalue weighted by atomic mass is 32.2. The lowest BCUT2D eigenvalue weighted by molar-refractivity contribution is 0.0643. The summed E-state index contributed by atoms with van der Waals surface area (Å²) < 4.78 is 2.15. The van der Waals surface area contributed by atoms with Crippen LogP contribution in [0.1, 0.15) is 39.8 Å². The molecule has 1 aliphatic heterocycles. The topological polar surface area (TPSA) is 54.3 Å². The third-order valence-electron chi connectivity index (χ3n) is 6.85. The first-order valence-electron chi connectivity index (χ1n) is 12.9. The Morgan fingerprint density at radius 2 is 1.59 bits per heavy atom. The van der Waals surface area contributed by atoms with E-state index in [0.717, 1.165) is 60.5 Å². The van der Waals surface area contributed by atoms with Crippen molar-refractivity contribution in [2.75, 3.05) is 32.7 Å². The molecule has 0 saturated carbocycles. The third kappa shape index (κ3) is 6.12. The van der Waals surface area contributed by atoms with Crippen LogP contribution in [0.3, 0.4) is 0 Å². The standard InChI is InChI=1S/C30H33N5OS/c1-3-33-16-18-34(19-17-33)29(36)26-11-7-10-25(20-26)22-37-30-32-31-28(21-24-8-5-4-6-9-24)35(30)27-14-12-23(2)13-15-27/h4-15,20H,3,16-19,21-22H2,1-2H3. The maximum Gasteiger partial charge on any atom is 0.253 e. The van der Waals surface area contributed by atoms with Gasteiger partial charge in [0, 0.05) is 49.6 Å². The van der Waals surface area contributed by atoms with Gasteiger partial charge in [0.25, 0.3) is 5.91 Å². The Bertz CT molecular complexity index is 1330. The van der Waals surface area contributed by atoms with E-state index in [4.69, 9.17) is 0 Å². The largest absolute Gasteiger partial charge is 0.336 e. The molecular formula is C30H33N5OS. The second-order valence-electron chi connectivity index (χ2n) is 9.45. The van der Waals surface area contributed by atoms with Crippen LogP contribution in [0.4, 0.5) is 0 Å². The van der Waals surface area contributed by atoms with Crippen LogP contribution in [0.25, 0.3) is 5.69 Å². The smallest absolute Gasteiger partial charge is 0.253 e. The summed E-state index contributed by atoms with van der Waals surface area (Å²) in [6.07, 6.45) is 0.706. The van der Waals surface area contributed by atoms with Crippen molar-refractivity contribution in [3.63, 3.8) is 0 Å². The number of likely N-dealkylation sites (N-methyl/N-ethyl adjacent to an activating group) is 1. The van der Waals surface area contributed by atoms with Crippen LogP contribution in [0.2, 0.25) is 0 Å². The van der Waals surface area contributed by atoms with Gasteiger partial charge < -0.3 is 9.80 Å². The Labute approximate surface area is 223 Å². The zero-order valence-electron chi connectivity index (χ0n) is 21.5. The number of nitrogens with zero attached hydrogens (tertiary/aromatic N) is 5. The van der Waals surface area contributed by atoms with Gasteiger partial charge in [0.05, 0.1) is 0 Å². The molecule has 37 heavy (non-hydrogen) atoms. The quantitative estimate of drug-likeness (QED) is 0.303. The molecule has 0 atom stereocenters. The Kier molecular flexibility index (Phi) is 8.02. The molecule has 0 aliphatic carbocycles. The lowest BCUT2D eigenvalue weighted by Crippen LogP contribution is -2.48. The Balaban J connectivity index is 1.34. The number of hydrogen-bond donors (Lipinski definition) is 0. The van der Waals surface area contributed by atoms with Gasteiger partial charge in [0.1, 0.15) is 5.82 Å². The van der Waals surface area contributed by atoms with Crippen LogP contribution in [0.5, 0.6) is 0 Å². The van der Waals surface area contributed by atoms with Crippen molar-refractivity contribution in [3.05, 3.63) is 107 Å². The van der Waals surface area contributed by atoms with Gasteiger partial charge in [-0.3, -0.25) is 9.36 Å². The number of thioether (sulfide) groups is 1. The van der Waals surface area contributed by atoms with Crippen LogP contribution in [-0.2, 0) is 12.2 Å². The Morgan fingerprint density at radius 1 is 0.865 bits per heavy atom. The summed E-state index contributed by atoms with van der Waals surface area (Å²) in [5.74, 6) is 1.74. The number of aryl methyl sites for hydroxylation is 1. The number of carbonyl (C=O) groups excluding carboxylic acids is 1. The zero-order chi connectivity index (χ0) is 25.6. The number of hydrogen-bond acceptors (Lipinski definition) is 5. The SMILES string of the molecule is CCN1CCN(C(=O)c2cccc(CSc3nnc(Cc4ccccc4)n3-c3ccc(C)cc3)c2)CC1. The van der Waals surface area contributed by atoms with Gasteiger partial charge in [-0.15, -0.1) is 10.2 Å². The molecule has 2 heterocycles. The lowest BCUT2D eigenvalue weighted by atomic mass is 10.1. The fraction of sp³-hybridized carbons (Fsp3) is 0.300. The zero-order valence-corrected chi connectivity index (χ0v) is 22.3. The lowest BCUT2D eigenvalue weighted by Gasteiger charge is -2.34. The number of piperazine rings is 1. The summed E-state index contributed by atoms with van der Waals surface area (Å²) in [4.78, 5) is 17.5. The van der Waals surface area contributed by atoms with E-state index in [0.29, 0.717) is 12.2 Å². The number of rotatable bonds is 8. The van der Waals surface area contributed by atoms with Gasteiger partial charge >= 0.3 is 0 Å². The minimum absolute atomic E-state index is 0.121. The minimum Gasteiger partial charge on any atom is -0.336 e. The van der Waals surface area contributed by atoms with Gasteiger partial charge in [-0.2, -0.15) is 0 Å². The van der Waals surface area contributed by atoms with E-state index in [1.165, 1.54) is 11.1 Å². The van der Waals surface area contributed by atoms with Crippen molar-refractivity contribution >= 4 is 17.7 Å². The van der Waals surface area contributed by atoms with Gasteiger partial charge in [0.15, 0.2) is 5.16 Å². The molecule has 1 amide bonds. The molecule has 4 aromatic rings. The number of aromatic nitrogens is 3. The van der Waals surface area contributed by atoms with E-state index in [-0.39, 0.29) is 5.91 Å². The molecule has 1 fully saturated rings. The fourth-order valence-electron chi connectivity index (χ4n) is 4.63. The highest BCUT2D eigenvalue weighted by molar-refractivity contribution is 7.98. The molecule has 0 N–H and O–H groups in total. The molecule has 5 rings (SSSR count). The molecule has 1 aromatic heterocycles. The molecule has 1 saturated heterocycles. The average Bonchev–Trinajstić information content (AvgIpc) is 3.34. The van der Waals surface area contributed by atoms with Crippen molar-refractivity contribution in [2.24, 2.45) is 0 Å². The van der Waals surface area contributed by atoms with Crippen LogP contribution in [-0.4, -0.2) is 63.2 Å². The van der Waals surface area contributed by atoms with Crippen molar-refractivity contribution in [2.45, 2.75) is 31.2 Å². The molecule has 6 nitrogen and oxygen atoms in total. The van der Waals surface area contributed by atoms with Gasteiger partial charge in [-0.05, 0) is 48.9 Å². The normalized spacial score (nSPS) is 14.2. The number of carbonyl (C=O) groups is 1. The molecule has 0 unspecified atom stereocenters. The Morgan fingerprint density at radius 3 is 2.32 bits per heavy atom. The van der Waals surface area contributed by atoms with Gasteiger partial charge in [-0.25, -0.2) is 0 Å². The summed E-state index contributed by atoms with van der Waals surface area (Å²) >= 11 is 1.65. The summed E-state index contributed by atoms with van der Waals surface area (Å²) in [6, 6.07) is 26.9.